The second kappa shape index (κ2) is 6.82. The van der Waals surface area contributed by atoms with Gasteiger partial charge in [0, 0.05) is 6.54 Å². The largest absolute Gasteiger partial charge is 0.452 e. The van der Waals surface area contributed by atoms with Crippen molar-refractivity contribution in [3.8, 4) is 6.07 Å². The first-order chi connectivity index (χ1) is 13.4. The predicted octanol–water partition coefficient (Wildman–Crippen LogP) is 1.57. The summed E-state index contributed by atoms with van der Waals surface area (Å²) in [5.74, 6) is -1.07. The van der Waals surface area contributed by atoms with Crippen molar-refractivity contribution < 1.29 is 19.1 Å². The summed E-state index contributed by atoms with van der Waals surface area (Å²) < 4.78 is 5.10. The summed E-state index contributed by atoms with van der Waals surface area (Å²) in [6, 6.07) is 6.99. The zero-order chi connectivity index (χ0) is 19.9. The first kappa shape index (κ1) is 18.3. The molecule has 2 amide bonds. The molecule has 0 spiro atoms. The number of ether oxygens (including phenoxy) is 1. The maximum absolute atomic E-state index is 12.3. The average molecular weight is 382 g/mol. The van der Waals surface area contributed by atoms with Crippen LogP contribution in [0, 0.1) is 17.2 Å². The number of nitrogens with zero attached hydrogens (tertiary/aromatic N) is 2. The van der Waals surface area contributed by atoms with Crippen molar-refractivity contribution in [1.82, 2.24) is 5.32 Å². The van der Waals surface area contributed by atoms with Crippen molar-refractivity contribution >= 4 is 29.2 Å². The predicted molar refractivity (Wildman–Crippen MR) is 101 cm³/mol. The minimum Gasteiger partial charge on any atom is -0.452 e. The molecule has 4 rings (SSSR count). The van der Waals surface area contributed by atoms with Crippen molar-refractivity contribution in [2.75, 3.05) is 23.4 Å². The van der Waals surface area contributed by atoms with Crippen molar-refractivity contribution in [3.05, 3.63) is 23.8 Å². The van der Waals surface area contributed by atoms with Gasteiger partial charge in [0.2, 0.25) is 5.91 Å². The van der Waals surface area contributed by atoms with Crippen LogP contribution in [-0.4, -0.2) is 42.5 Å². The Morgan fingerprint density at radius 3 is 2.89 bits per heavy atom. The number of benzene rings is 1. The van der Waals surface area contributed by atoms with Gasteiger partial charge in [-0.1, -0.05) is 0 Å². The molecule has 3 aliphatic rings. The minimum atomic E-state index is -0.925. The minimum absolute atomic E-state index is 0.0641. The lowest BCUT2D eigenvalue weighted by atomic mass is 9.98. The van der Waals surface area contributed by atoms with Gasteiger partial charge in [-0.05, 0) is 56.7 Å². The third kappa shape index (κ3) is 3.28. The molecule has 1 saturated carbocycles. The van der Waals surface area contributed by atoms with Gasteiger partial charge in [0.15, 0.2) is 6.61 Å². The first-order valence-corrected chi connectivity index (χ1v) is 9.52. The topological polar surface area (TPSA) is 112 Å². The zero-order valence-corrected chi connectivity index (χ0v) is 15.7. The SMILES string of the molecule is C[C@@](C#N)(NC(=O)COC(=O)c1ccc2c(c1)NC(=O)[C@H]1CCCN21)C1CC1. The Balaban J connectivity index is 1.39. The Labute approximate surface area is 162 Å². The highest BCUT2D eigenvalue weighted by Crippen LogP contribution is 2.39. The molecule has 8 heteroatoms. The monoisotopic (exact) mass is 382 g/mol. The molecule has 1 aromatic rings. The fourth-order valence-electron chi connectivity index (χ4n) is 3.98. The molecule has 1 aromatic carbocycles. The number of hydrogen-bond acceptors (Lipinski definition) is 6. The number of fused-ring (bicyclic) bond motifs is 3. The summed E-state index contributed by atoms with van der Waals surface area (Å²) in [5, 5.41) is 14.8. The molecule has 0 aromatic heterocycles. The molecule has 8 nitrogen and oxygen atoms in total. The van der Waals surface area contributed by atoms with Crippen molar-refractivity contribution in [1.29, 1.82) is 5.26 Å². The van der Waals surface area contributed by atoms with Crippen LogP contribution in [0.3, 0.4) is 0 Å². The standard InChI is InChI=1S/C20H22N4O4/c1-20(11-21,13-5-6-13)23-17(25)10-28-19(27)12-4-7-15-14(9-12)22-18(26)16-3-2-8-24(15)16/h4,7,9,13,16H,2-3,5-6,8,10H2,1H3,(H,22,26)(H,23,25)/t16-,20+/m1/s1. The highest BCUT2D eigenvalue weighted by molar-refractivity contribution is 6.05. The number of carbonyl (C=O) groups excluding carboxylic acids is 3. The van der Waals surface area contributed by atoms with Crippen LogP contribution in [0.5, 0.6) is 0 Å². The van der Waals surface area contributed by atoms with Crippen molar-refractivity contribution in [2.24, 2.45) is 5.92 Å². The van der Waals surface area contributed by atoms with Gasteiger partial charge in [-0.3, -0.25) is 9.59 Å². The molecule has 0 unspecified atom stereocenters. The third-order valence-corrected chi connectivity index (χ3v) is 5.71. The molecule has 1 saturated heterocycles. The molecule has 2 fully saturated rings. The van der Waals surface area contributed by atoms with Crippen LogP contribution in [0.15, 0.2) is 18.2 Å². The molecule has 2 atom stereocenters. The lowest BCUT2D eigenvalue weighted by Crippen LogP contribution is -2.48. The molecular weight excluding hydrogens is 360 g/mol. The van der Waals surface area contributed by atoms with E-state index in [1.807, 2.05) is 0 Å². The molecular formula is C20H22N4O4. The van der Waals surface area contributed by atoms with Gasteiger partial charge in [-0.2, -0.15) is 5.26 Å². The van der Waals surface area contributed by atoms with E-state index >= 15 is 0 Å². The van der Waals surface area contributed by atoms with Crippen LogP contribution in [0.1, 0.15) is 43.0 Å². The Morgan fingerprint density at radius 1 is 1.39 bits per heavy atom. The number of esters is 1. The van der Waals surface area contributed by atoms with Crippen LogP contribution in [0.4, 0.5) is 11.4 Å². The second-order valence-electron chi connectivity index (χ2n) is 7.79. The summed E-state index contributed by atoms with van der Waals surface area (Å²) in [5.41, 5.74) is 0.805. The van der Waals surface area contributed by atoms with Crippen LogP contribution in [0.25, 0.3) is 0 Å². The summed E-state index contributed by atoms with van der Waals surface area (Å²) in [6.07, 6.45) is 3.59. The Bertz CT molecular complexity index is 889. The summed E-state index contributed by atoms with van der Waals surface area (Å²) in [4.78, 5) is 38.7. The summed E-state index contributed by atoms with van der Waals surface area (Å²) >= 11 is 0. The first-order valence-electron chi connectivity index (χ1n) is 9.52. The molecule has 0 bridgehead atoms. The van der Waals surface area contributed by atoms with E-state index in [1.54, 1.807) is 25.1 Å². The number of anilines is 2. The number of hydrogen-bond donors (Lipinski definition) is 2. The maximum atomic E-state index is 12.3. The Morgan fingerprint density at radius 2 is 2.18 bits per heavy atom. The van der Waals surface area contributed by atoms with E-state index in [0.717, 1.165) is 37.9 Å². The van der Waals surface area contributed by atoms with Crippen molar-refractivity contribution in [2.45, 2.75) is 44.2 Å². The quantitative estimate of drug-likeness (QED) is 0.748. The molecule has 28 heavy (non-hydrogen) atoms. The average Bonchev–Trinajstić information content (AvgIpc) is 3.43. The highest BCUT2D eigenvalue weighted by Gasteiger charge is 2.43. The number of carbonyl (C=O) groups is 3. The van der Waals surface area contributed by atoms with E-state index in [0.29, 0.717) is 5.69 Å². The number of amides is 2. The number of nitriles is 1. The molecule has 0 radical (unpaired) electrons. The van der Waals surface area contributed by atoms with Gasteiger partial charge in [0.05, 0.1) is 23.0 Å². The normalized spacial score (nSPS) is 22.2. The summed E-state index contributed by atoms with van der Waals surface area (Å²) in [6.45, 7) is 2.04. The zero-order valence-electron chi connectivity index (χ0n) is 15.7. The van der Waals surface area contributed by atoms with Gasteiger partial charge >= 0.3 is 5.97 Å². The Hall–Kier alpha value is -3.08. The van der Waals surface area contributed by atoms with E-state index in [9.17, 15) is 19.6 Å². The second-order valence-corrected chi connectivity index (χ2v) is 7.79. The molecule has 1 aliphatic carbocycles. The fourth-order valence-corrected chi connectivity index (χ4v) is 3.98. The van der Waals surface area contributed by atoms with Gasteiger partial charge < -0.3 is 20.3 Å². The molecule has 2 heterocycles. The summed E-state index contributed by atoms with van der Waals surface area (Å²) in [7, 11) is 0. The third-order valence-electron chi connectivity index (χ3n) is 5.71. The maximum Gasteiger partial charge on any atom is 0.338 e. The highest BCUT2D eigenvalue weighted by atomic mass is 16.5. The van der Waals surface area contributed by atoms with E-state index in [4.69, 9.17) is 4.74 Å². The number of nitrogens with one attached hydrogen (secondary N) is 2. The lowest BCUT2D eigenvalue weighted by molar-refractivity contribution is -0.125. The molecule has 146 valence electrons. The molecule has 2 aliphatic heterocycles. The van der Waals surface area contributed by atoms with Gasteiger partial charge in [0.1, 0.15) is 11.6 Å². The van der Waals surface area contributed by atoms with Crippen LogP contribution in [0.2, 0.25) is 0 Å². The van der Waals surface area contributed by atoms with Crippen molar-refractivity contribution in [3.63, 3.8) is 0 Å². The molecule has 2 N–H and O–H groups in total. The van der Waals surface area contributed by atoms with Crippen LogP contribution >= 0.6 is 0 Å². The number of rotatable bonds is 5. The van der Waals surface area contributed by atoms with Gasteiger partial charge in [-0.15, -0.1) is 0 Å². The Kier molecular flexibility index (Phi) is 4.46. The van der Waals surface area contributed by atoms with E-state index in [2.05, 4.69) is 21.6 Å². The van der Waals surface area contributed by atoms with Gasteiger partial charge in [-0.25, -0.2) is 4.79 Å². The van der Waals surface area contributed by atoms with Gasteiger partial charge in [0.25, 0.3) is 5.91 Å². The van der Waals surface area contributed by atoms with E-state index in [-0.39, 0.29) is 23.4 Å². The van der Waals surface area contributed by atoms with E-state index < -0.39 is 24.0 Å². The lowest BCUT2D eigenvalue weighted by Gasteiger charge is -2.33. The van der Waals surface area contributed by atoms with Crippen LogP contribution < -0.4 is 15.5 Å². The van der Waals surface area contributed by atoms with Crippen LogP contribution in [-0.2, 0) is 14.3 Å². The fraction of sp³-hybridized carbons (Fsp3) is 0.500. The smallest absolute Gasteiger partial charge is 0.338 e. The van der Waals surface area contributed by atoms with E-state index in [1.165, 1.54) is 0 Å².